The van der Waals surface area contributed by atoms with E-state index >= 15 is 0 Å². The highest BCUT2D eigenvalue weighted by Crippen LogP contribution is 2.42. The number of rotatable bonds is 31. The van der Waals surface area contributed by atoms with Gasteiger partial charge in [0.2, 0.25) is 23.6 Å². The van der Waals surface area contributed by atoms with Crippen molar-refractivity contribution in [3.63, 3.8) is 0 Å². The van der Waals surface area contributed by atoms with Crippen molar-refractivity contribution < 1.29 is 237 Å². The normalized spacial score (nSPS) is 47.9. The quantitative estimate of drug-likeness (QED) is 0.0306. The lowest BCUT2D eigenvalue weighted by molar-refractivity contribution is -0.394. The maximum atomic E-state index is 13.2. The predicted molar refractivity (Wildman–Crippen MR) is 359 cm³/mol. The molecular formula is C65H108N4O48. The number of aliphatic hydroxyl groups excluding tert-OH is 25. The summed E-state index contributed by atoms with van der Waals surface area (Å²) in [4.78, 5) is 63.7. The zero-order valence-corrected chi connectivity index (χ0v) is 63.0. The summed E-state index contributed by atoms with van der Waals surface area (Å²) in [6.07, 6.45) is -86.5. The molecule has 0 saturated carbocycles. The minimum absolute atomic E-state index is 0.817. The molecule has 52 nitrogen and oxygen atoms in total. The molecule has 0 bridgehead atoms. The second-order valence-electron chi connectivity index (χ2n) is 29.6. The maximum absolute atomic E-state index is 13.2. The van der Waals surface area contributed by atoms with E-state index in [9.17, 15) is 157 Å². The van der Waals surface area contributed by atoms with Crippen LogP contribution in [0.2, 0.25) is 0 Å². The minimum atomic E-state index is -3.27. The lowest BCUT2D eigenvalue weighted by Crippen LogP contribution is -2.71. The number of amides is 4. The Morgan fingerprint density at radius 1 is 0.368 bits per heavy atom. The van der Waals surface area contributed by atoms with E-state index in [-0.39, 0.29) is 0 Å². The highest BCUT2D eigenvalue weighted by atomic mass is 16.8. The van der Waals surface area contributed by atoms with Crippen LogP contribution in [0.15, 0.2) is 0 Å². The Labute approximate surface area is 662 Å². The molecule has 0 radical (unpaired) electrons. The molecule has 30 N–H and O–H groups in total. The van der Waals surface area contributed by atoms with Gasteiger partial charge in [-0.05, 0) is 6.92 Å². The SMILES string of the molecule is CC(=O)N[C@@H]1[C@@H](O)[C@H](O[C@@H]2O[C@H](CO)[C@@H](O[C@@H]3O[C@H](CO[C@H]4O[C@H](CO)[C@@H](O)[C@H](O)[C@@H]4O)[C@@H](O)[C@H](O[C@H]4O[C@H](CO)[C@@H](O[C@@H]5O[C@H](CO)[C@@H](O[C@@H]6O[C@H](CO)[C@H](O)[C@H](O[C@]7(C(=O)O)C[C@H](O)[C@@H](NC(C)=O)[C@H]([C@H](O)[C@H](O)CO)O7)[C@H]6O)[C@H](O)[C@H]5NC(C)=O)[C@H](O)[C@@H]4O)[C@@H]3O)[C@H](O)[C@H]2NC(C)=O)[C@@H](CO[C@@H]2O[C@@H](C)[C@@H](O)[C@@H](O)[C@@H]2O)O[C@H]1O. The molecule has 0 spiro atoms. The standard InChI is InChI=1S/C65H108N4O48/c1-15-33(82)41(90)44(93)59(103-15)102-14-28-52(38(87)30(56(98)104-28)67-17(3)77)112-58-32(69-19(5)79)40(89)49(24(10-73)108-58)113-62-47(96)54(37(86)27(110-62)13-101-60-45(94)42(91)35(84)22(8-71)105-60)115-61-46(95)43(92)51(26(12-75)109-61)111-57-31(68-18(4)78)39(88)50(25(11-74)107-57)114-63-48(97)55(36(85)23(9-72)106-63)117-65(64(99)100)6-20(80)29(66-16(2)76)53(116-65)34(83)21(81)7-70/h15,20-63,70-75,80-98H,6-14H2,1-5H3,(H,66,76)(H,67,77)(H,68,78)(H,69,79)(H,99,100)/t15-,20-,21+,22+,23+,24+,25+,26+,27+,28+,29+,30+,31+,32+,33+,34+,35+,36-,37+,38+,39+,40+,41+,42-,43+,44-,45-,46-,47-,48+,49+,50+,51+,52+,53+,54-,55-,56+,57-,58-,59+,60-,61+,62-,63-,65-/m0/s1. The fourth-order valence-electron chi connectivity index (χ4n) is 15.0. The lowest BCUT2D eigenvalue weighted by Gasteiger charge is -2.51. The number of aliphatic carboxylic acids is 1. The van der Waals surface area contributed by atoms with E-state index in [1.165, 1.54) is 6.92 Å². The largest absolute Gasteiger partial charge is 0.477 e. The van der Waals surface area contributed by atoms with Gasteiger partial charge in [0.15, 0.2) is 50.3 Å². The zero-order valence-electron chi connectivity index (χ0n) is 63.0. The molecule has 52 heteroatoms. The number of carboxylic acids is 1. The number of carbonyl (C=O) groups is 5. The van der Waals surface area contributed by atoms with E-state index in [1.54, 1.807) is 0 Å². The maximum Gasteiger partial charge on any atom is 0.364 e. The summed E-state index contributed by atoms with van der Waals surface area (Å²) in [6.45, 7) is -3.74. The van der Waals surface area contributed by atoms with Crippen LogP contribution in [-0.4, -0.2) is 497 Å². The fraction of sp³-hybridized carbons (Fsp3) is 0.923. The molecule has 46 atom stereocenters. The third-order valence-electron chi connectivity index (χ3n) is 21.3. The smallest absolute Gasteiger partial charge is 0.364 e. The van der Waals surface area contributed by atoms with Crippen molar-refractivity contribution in [3.05, 3.63) is 0 Å². The van der Waals surface area contributed by atoms with Crippen molar-refractivity contribution in [2.75, 3.05) is 52.9 Å². The molecule has 9 saturated heterocycles. The van der Waals surface area contributed by atoms with Crippen molar-refractivity contribution in [2.45, 2.75) is 323 Å². The van der Waals surface area contributed by atoms with Gasteiger partial charge in [-0.25, -0.2) is 4.79 Å². The topological polar surface area (TPSA) is 816 Å². The minimum Gasteiger partial charge on any atom is -0.477 e. The Morgan fingerprint density at radius 2 is 0.726 bits per heavy atom. The highest BCUT2D eigenvalue weighted by molar-refractivity contribution is 5.77. The molecule has 9 fully saturated rings. The summed E-state index contributed by atoms with van der Waals surface area (Å²) in [5.41, 5.74) is 0. The first-order valence-electron chi connectivity index (χ1n) is 37.1. The van der Waals surface area contributed by atoms with Gasteiger partial charge in [-0.15, -0.1) is 0 Å². The average Bonchev–Trinajstić information content (AvgIpc) is 0.746. The third-order valence-corrected chi connectivity index (χ3v) is 21.3. The van der Waals surface area contributed by atoms with Crippen LogP contribution in [0, 0.1) is 0 Å². The predicted octanol–water partition coefficient (Wildman–Crippen LogP) is -19.8. The summed E-state index contributed by atoms with van der Waals surface area (Å²) in [5, 5.41) is 297. The first-order valence-corrected chi connectivity index (χ1v) is 37.1. The van der Waals surface area contributed by atoms with Crippen molar-refractivity contribution in [3.8, 4) is 0 Å². The molecule has 0 unspecified atom stereocenters. The molecular weight excluding hydrogens is 1600 g/mol. The third kappa shape index (κ3) is 21.4. The van der Waals surface area contributed by atoms with Crippen LogP contribution in [0.5, 0.6) is 0 Å². The van der Waals surface area contributed by atoms with Gasteiger partial charge in [-0.2, -0.15) is 0 Å². The molecule has 9 aliphatic heterocycles. The van der Waals surface area contributed by atoms with Crippen molar-refractivity contribution in [1.29, 1.82) is 0 Å². The summed E-state index contributed by atoms with van der Waals surface area (Å²) in [6, 6.07) is -7.37. The molecule has 0 aromatic heterocycles. The van der Waals surface area contributed by atoms with Crippen LogP contribution in [0.3, 0.4) is 0 Å². The molecule has 117 heavy (non-hydrogen) atoms. The van der Waals surface area contributed by atoms with Crippen LogP contribution in [-0.2, 0) is 104 Å². The average molecular weight is 1710 g/mol. The van der Waals surface area contributed by atoms with Gasteiger partial charge in [0.1, 0.15) is 207 Å². The molecule has 9 rings (SSSR count). The van der Waals surface area contributed by atoms with Gasteiger partial charge in [0.25, 0.3) is 5.79 Å². The van der Waals surface area contributed by atoms with Gasteiger partial charge in [-0.1, -0.05) is 0 Å². The first kappa shape index (κ1) is 96.5. The van der Waals surface area contributed by atoms with E-state index in [4.69, 9.17) is 80.5 Å². The van der Waals surface area contributed by atoms with Crippen molar-refractivity contribution in [1.82, 2.24) is 21.3 Å². The van der Waals surface area contributed by atoms with Gasteiger partial charge in [0.05, 0.1) is 71.1 Å². The first-order chi connectivity index (χ1) is 55.1. The van der Waals surface area contributed by atoms with Crippen LogP contribution in [0.25, 0.3) is 0 Å². The monoisotopic (exact) mass is 1710 g/mol. The molecule has 0 aliphatic carbocycles. The molecule has 0 aromatic carbocycles. The Kier molecular flexibility index (Phi) is 34.2. The summed E-state index contributed by atoms with van der Waals surface area (Å²) in [5.74, 6) is -9.02. The van der Waals surface area contributed by atoms with Gasteiger partial charge in [0, 0.05) is 34.1 Å². The summed E-state index contributed by atoms with van der Waals surface area (Å²) < 4.78 is 99.1. The summed E-state index contributed by atoms with van der Waals surface area (Å²) >= 11 is 0. The molecule has 676 valence electrons. The van der Waals surface area contributed by atoms with Crippen molar-refractivity contribution in [2.24, 2.45) is 0 Å². The zero-order chi connectivity index (χ0) is 86.6. The molecule has 9 heterocycles. The van der Waals surface area contributed by atoms with E-state index < -0.39 is 371 Å². The molecule has 0 aromatic rings. The molecule has 4 amide bonds. The number of carbonyl (C=O) groups excluding carboxylic acids is 4. The van der Waals surface area contributed by atoms with Crippen LogP contribution in [0.4, 0.5) is 0 Å². The Hall–Kier alpha value is -4.33. The van der Waals surface area contributed by atoms with Crippen molar-refractivity contribution >= 4 is 29.6 Å². The van der Waals surface area contributed by atoms with Gasteiger partial charge < -0.3 is 235 Å². The van der Waals surface area contributed by atoms with E-state index in [1.807, 2.05) is 0 Å². The van der Waals surface area contributed by atoms with Crippen LogP contribution in [0.1, 0.15) is 41.0 Å². The Balaban J connectivity index is 0.946. The van der Waals surface area contributed by atoms with Gasteiger partial charge in [-0.3, -0.25) is 19.2 Å². The van der Waals surface area contributed by atoms with Crippen LogP contribution < -0.4 is 21.3 Å². The van der Waals surface area contributed by atoms with Gasteiger partial charge >= 0.3 is 5.97 Å². The van der Waals surface area contributed by atoms with Crippen LogP contribution >= 0.6 is 0 Å². The lowest BCUT2D eigenvalue weighted by atomic mass is 9.88. The van der Waals surface area contributed by atoms with E-state index in [2.05, 4.69) is 21.3 Å². The second kappa shape index (κ2) is 41.4. The Bertz CT molecular complexity index is 3190. The summed E-state index contributed by atoms with van der Waals surface area (Å²) in [7, 11) is 0. The molecule has 9 aliphatic rings. The Morgan fingerprint density at radius 3 is 1.21 bits per heavy atom. The number of hydrogen-bond acceptors (Lipinski definition) is 47. The number of hydrogen-bond donors (Lipinski definition) is 30. The number of carboxylic acid groups (broad SMARTS) is 1. The second-order valence-corrected chi connectivity index (χ2v) is 29.6. The highest BCUT2D eigenvalue weighted by Gasteiger charge is 2.63. The number of ether oxygens (including phenoxy) is 17. The fourth-order valence-corrected chi connectivity index (χ4v) is 15.0. The number of aliphatic hydroxyl groups is 25. The number of nitrogens with one attached hydrogen (secondary N) is 4. The van der Waals surface area contributed by atoms with E-state index in [0.717, 1.165) is 27.7 Å². The van der Waals surface area contributed by atoms with E-state index in [0.29, 0.717) is 0 Å².